The van der Waals surface area contributed by atoms with Crippen LogP contribution in [0.2, 0.25) is 0 Å². The van der Waals surface area contributed by atoms with Gasteiger partial charge in [-0.2, -0.15) is 0 Å². The number of thiophene rings is 1. The Morgan fingerprint density at radius 1 is 0.246 bits per heavy atom. The van der Waals surface area contributed by atoms with Gasteiger partial charge in [0.15, 0.2) is 0 Å². The van der Waals surface area contributed by atoms with Gasteiger partial charge in [-0.15, -0.1) is 11.3 Å². The van der Waals surface area contributed by atoms with Crippen molar-refractivity contribution in [3.05, 3.63) is 218 Å². The van der Waals surface area contributed by atoms with E-state index in [0.29, 0.717) is 0 Å². The molecule has 0 atom stereocenters. The van der Waals surface area contributed by atoms with E-state index in [0.717, 1.165) is 0 Å². The molecule has 0 radical (unpaired) electrons. The van der Waals surface area contributed by atoms with Crippen LogP contribution in [0.1, 0.15) is 0 Å². The van der Waals surface area contributed by atoms with Crippen molar-refractivity contribution in [1.82, 2.24) is 0 Å². The van der Waals surface area contributed by atoms with Crippen LogP contribution in [-0.2, 0) is 0 Å². The van der Waals surface area contributed by atoms with Crippen LogP contribution in [0.15, 0.2) is 218 Å². The van der Waals surface area contributed by atoms with Crippen LogP contribution in [0.3, 0.4) is 0 Å². The van der Waals surface area contributed by atoms with Crippen molar-refractivity contribution in [3.63, 3.8) is 0 Å². The molecular weight excluding hydrogens is 753 g/mol. The molecule has 0 fully saturated rings. The van der Waals surface area contributed by atoms with Gasteiger partial charge in [-0.1, -0.05) is 200 Å². The van der Waals surface area contributed by atoms with E-state index in [9.17, 15) is 0 Å². The van der Waals surface area contributed by atoms with Crippen molar-refractivity contribution in [3.8, 4) is 44.5 Å². The molecule has 282 valence electrons. The zero-order valence-corrected chi connectivity index (χ0v) is 34.0. The van der Waals surface area contributed by atoms with Crippen LogP contribution >= 0.6 is 11.3 Å². The molecule has 13 aromatic rings. The lowest BCUT2D eigenvalue weighted by molar-refractivity contribution is 1.69. The minimum absolute atomic E-state index is 1.24. The van der Waals surface area contributed by atoms with Gasteiger partial charge in [0.05, 0.1) is 0 Å². The molecule has 0 spiro atoms. The Labute approximate surface area is 357 Å². The van der Waals surface area contributed by atoms with Crippen LogP contribution in [0.4, 0.5) is 0 Å². The van der Waals surface area contributed by atoms with E-state index in [4.69, 9.17) is 0 Å². The minimum Gasteiger partial charge on any atom is -0.135 e. The predicted molar refractivity (Wildman–Crippen MR) is 266 cm³/mol. The summed E-state index contributed by atoms with van der Waals surface area (Å²) in [7, 11) is 0. The topological polar surface area (TPSA) is 0 Å². The maximum atomic E-state index is 2.36. The van der Waals surface area contributed by atoms with Gasteiger partial charge in [0.1, 0.15) is 0 Å². The van der Waals surface area contributed by atoms with E-state index in [2.05, 4.69) is 218 Å². The molecule has 12 aromatic carbocycles. The quantitative estimate of drug-likeness (QED) is 0.156. The summed E-state index contributed by atoms with van der Waals surface area (Å²) < 4.78 is 2.62. The zero-order valence-electron chi connectivity index (χ0n) is 33.2. The summed E-state index contributed by atoms with van der Waals surface area (Å²) in [6.07, 6.45) is 0. The molecule has 0 nitrogen and oxygen atoms in total. The molecule has 0 aliphatic carbocycles. The lowest BCUT2D eigenvalue weighted by Crippen LogP contribution is -1.92. The largest absolute Gasteiger partial charge is 0.135 e. The standard InChI is InChI=1S/C60H36S/c1-3-17-39-35-41(33-31-37(39)15-1)55-43-19-5-9-23-47(43)57(48-24-10-6-20-44(48)55)51-27-14-30-54-59(51)53-29-13-28-52(60(53)61-54)58-49-25-11-7-21-45(49)56(46-22-8-12-26-50(46)58)42-34-32-38-16-2-4-18-40(38)36-42/h1-36H. The van der Waals surface area contributed by atoms with Crippen molar-refractivity contribution < 1.29 is 0 Å². The number of rotatable bonds is 4. The lowest BCUT2D eigenvalue weighted by atomic mass is 9.84. The van der Waals surface area contributed by atoms with Gasteiger partial charge in [0, 0.05) is 25.7 Å². The third-order valence-electron chi connectivity index (χ3n) is 13.0. The van der Waals surface area contributed by atoms with Crippen LogP contribution in [0, 0.1) is 0 Å². The van der Waals surface area contributed by atoms with E-state index in [1.165, 1.54) is 129 Å². The fourth-order valence-electron chi connectivity index (χ4n) is 10.4. The maximum Gasteiger partial charge on any atom is 0.0434 e. The minimum atomic E-state index is 1.24. The first-order valence-corrected chi connectivity index (χ1v) is 21.9. The molecule has 13 rings (SSSR count). The Bertz CT molecular complexity index is 3830. The molecule has 0 N–H and O–H groups in total. The molecule has 1 heteroatoms. The van der Waals surface area contributed by atoms with Crippen LogP contribution in [0.25, 0.3) is 129 Å². The average molecular weight is 789 g/mol. The molecular formula is C60H36S. The summed E-state index contributed by atoms with van der Waals surface area (Å²) in [6, 6.07) is 81.3. The van der Waals surface area contributed by atoms with Crippen LogP contribution < -0.4 is 0 Å². The summed E-state index contributed by atoms with van der Waals surface area (Å²) in [5.74, 6) is 0. The molecule has 0 bridgehead atoms. The summed E-state index contributed by atoms with van der Waals surface area (Å²) in [6.45, 7) is 0. The number of hydrogen-bond donors (Lipinski definition) is 0. The molecule has 0 aliphatic rings. The Kier molecular flexibility index (Phi) is 7.58. The Balaban J connectivity index is 1.08. The second-order valence-corrected chi connectivity index (χ2v) is 17.3. The average Bonchev–Trinajstić information content (AvgIpc) is 3.72. The van der Waals surface area contributed by atoms with Gasteiger partial charge >= 0.3 is 0 Å². The van der Waals surface area contributed by atoms with E-state index < -0.39 is 0 Å². The normalized spacial score (nSPS) is 11.9. The maximum absolute atomic E-state index is 2.36. The third kappa shape index (κ3) is 5.18. The van der Waals surface area contributed by atoms with Crippen molar-refractivity contribution >= 4 is 96.1 Å². The molecule has 0 saturated heterocycles. The van der Waals surface area contributed by atoms with Gasteiger partial charge in [-0.3, -0.25) is 0 Å². The Hall–Kier alpha value is -7.58. The van der Waals surface area contributed by atoms with E-state index in [-0.39, 0.29) is 0 Å². The summed E-state index contributed by atoms with van der Waals surface area (Å²) in [5.41, 5.74) is 10.2. The van der Waals surface area contributed by atoms with Crippen LogP contribution in [-0.4, -0.2) is 0 Å². The predicted octanol–water partition coefficient (Wildman–Crippen LogP) is 17.6. The zero-order chi connectivity index (χ0) is 40.0. The van der Waals surface area contributed by atoms with Crippen molar-refractivity contribution in [2.75, 3.05) is 0 Å². The summed E-state index contributed by atoms with van der Waals surface area (Å²) in [5, 5.41) is 17.8. The molecule has 61 heavy (non-hydrogen) atoms. The smallest absolute Gasteiger partial charge is 0.0434 e. The SMILES string of the molecule is c1ccc2cc(-c3c4ccccc4c(-c4cccc5c4sc4cccc(-c6c7ccccc7c(-c7ccc8ccccc8c7)c7ccccc67)c45)c4ccccc34)ccc2c1. The van der Waals surface area contributed by atoms with E-state index >= 15 is 0 Å². The third-order valence-corrected chi connectivity index (χ3v) is 14.2. The lowest BCUT2D eigenvalue weighted by Gasteiger charge is -2.19. The highest BCUT2D eigenvalue weighted by Crippen LogP contribution is 2.51. The van der Waals surface area contributed by atoms with Crippen molar-refractivity contribution in [2.24, 2.45) is 0 Å². The molecule has 0 aliphatic heterocycles. The van der Waals surface area contributed by atoms with Crippen molar-refractivity contribution in [1.29, 1.82) is 0 Å². The van der Waals surface area contributed by atoms with Gasteiger partial charge in [-0.05, 0) is 122 Å². The number of hydrogen-bond acceptors (Lipinski definition) is 1. The fourth-order valence-corrected chi connectivity index (χ4v) is 11.7. The van der Waals surface area contributed by atoms with Gasteiger partial charge in [0.25, 0.3) is 0 Å². The highest BCUT2D eigenvalue weighted by molar-refractivity contribution is 7.26. The van der Waals surface area contributed by atoms with Crippen LogP contribution in [0.5, 0.6) is 0 Å². The Morgan fingerprint density at radius 3 is 1.08 bits per heavy atom. The summed E-state index contributed by atoms with van der Waals surface area (Å²) >= 11 is 1.92. The Morgan fingerprint density at radius 2 is 0.607 bits per heavy atom. The van der Waals surface area contributed by atoms with Gasteiger partial charge in [-0.25, -0.2) is 0 Å². The fraction of sp³-hybridized carbons (Fsp3) is 0. The monoisotopic (exact) mass is 788 g/mol. The van der Waals surface area contributed by atoms with Gasteiger partial charge in [0.2, 0.25) is 0 Å². The second kappa shape index (κ2) is 13.5. The second-order valence-electron chi connectivity index (χ2n) is 16.3. The van der Waals surface area contributed by atoms with E-state index in [1.54, 1.807) is 0 Å². The molecule has 1 aromatic heterocycles. The van der Waals surface area contributed by atoms with Gasteiger partial charge < -0.3 is 0 Å². The summed E-state index contributed by atoms with van der Waals surface area (Å²) in [4.78, 5) is 0. The van der Waals surface area contributed by atoms with E-state index in [1.807, 2.05) is 11.3 Å². The van der Waals surface area contributed by atoms with Crippen molar-refractivity contribution in [2.45, 2.75) is 0 Å². The highest BCUT2D eigenvalue weighted by atomic mass is 32.1. The highest BCUT2D eigenvalue weighted by Gasteiger charge is 2.23. The molecule has 0 saturated carbocycles. The molecule has 0 unspecified atom stereocenters. The first-order chi connectivity index (χ1) is 30.3. The molecule has 1 heterocycles. The number of benzene rings is 12. The first kappa shape index (κ1) is 34.3. The first-order valence-electron chi connectivity index (χ1n) is 21.1. The number of fused-ring (bicyclic) bond motifs is 9. The molecule has 0 amide bonds.